The molecule has 0 saturated carbocycles. The fourth-order valence-corrected chi connectivity index (χ4v) is 4.19. The molecule has 8 heteroatoms. The van der Waals surface area contributed by atoms with Gasteiger partial charge in [-0.05, 0) is 43.3 Å². The minimum atomic E-state index is -0.315. The van der Waals surface area contributed by atoms with Crippen LogP contribution in [0.4, 0.5) is 21.9 Å². The van der Waals surface area contributed by atoms with Crippen LogP contribution in [0.3, 0.4) is 0 Å². The summed E-state index contributed by atoms with van der Waals surface area (Å²) in [5.41, 5.74) is 3.09. The topological polar surface area (TPSA) is 48.0 Å². The number of hydrogen-bond donors (Lipinski definition) is 1. The van der Waals surface area contributed by atoms with Crippen molar-refractivity contribution in [2.24, 2.45) is 0 Å². The molecule has 30 heavy (non-hydrogen) atoms. The fraction of sp³-hybridized carbons (Fsp3) is 0.364. The number of hydrogen-bond acceptors (Lipinski definition) is 5. The van der Waals surface area contributed by atoms with E-state index < -0.39 is 0 Å². The molecule has 6 nitrogen and oxygen atoms in total. The van der Waals surface area contributed by atoms with Gasteiger partial charge < -0.3 is 19.9 Å². The third-order valence-electron chi connectivity index (χ3n) is 5.45. The zero-order chi connectivity index (χ0) is 21.1. The average Bonchev–Trinajstić information content (AvgIpc) is 3.13. The van der Waals surface area contributed by atoms with Crippen LogP contribution in [0, 0.1) is 0 Å². The number of carbonyl (C=O) groups excluding carboxylic acids is 1. The molecule has 1 N–H and O–H groups in total. The first kappa shape index (κ1) is 20.8. The predicted molar refractivity (Wildman–Crippen MR) is 126 cm³/mol. The lowest BCUT2D eigenvalue weighted by Gasteiger charge is -2.37. The third-order valence-corrected chi connectivity index (χ3v) is 5.92. The largest absolute Gasteiger partial charge is 0.442 e. The van der Waals surface area contributed by atoms with Crippen molar-refractivity contribution in [3.05, 3.63) is 53.6 Å². The van der Waals surface area contributed by atoms with Gasteiger partial charge in [-0.15, -0.1) is 0 Å². The van der Waals surface area contributed by atoms with Crippen LogP contribution in [0.15, 0.2) is 48.5 Å². The molecule has 158 valence electrons. The zero-order valence-corrected chi connectivity index (χ0v) is 18.5. The second-order valence-corrected chi connectivity index (χ2v) is 8.51. The SMILES string of the molecule is CC(=S)NC[C@H]1CN(c2ccc(N3CCN(c4ccccc4Cl)CC3)cc2)C(=O)O1. The van der Waals surface area contributed by atoms with Gasteiger partial charge in [-0.1, -0.05) is 36.0 Å². The first-order chi connectivity index (χ1) is 14.5. The molecule has 1 amide bonds. The van der Waals surface area contributed by atoms with Gasteiger partial charge in [0.05, 0.1) is 28.8 Å². The first-order valence-electron chi connectivity index (χ1n) is 10.1. The van der Waals surface area contributed by atoms with Gasteiger partial charge in [0.25, 0.3) is 0 Å². The number of para-hydroxylation sites is 1. The number of anilines is 3. The lowest BCUT2D eigenvalue weighted by Crippen LogP contribution is -2.46. The number of piperazine rings is 1. The Morgan fingerprint density at radius 2 is 1.70 bits per heavy atom. The third kappa shape index (κ3) is 4.63. The van der Waals surface area contributed by atoms with Crippen LogP contribution in [-0.2, 0) is 4.74 Å². The van der Waals surface area contributed by atoms with E-state index in [-0.39, 0.29) is 12.2 Å². The number of amides is 1. The molecule has 2 aromatic carbocycles. The Balaban J connectivity index is 1.35. The van der Waals surface area contributed by atoms with Gasteiger partial charge in [-0.25, -0.2) is 4.79 Å². The van der Waals surface area contributed by atoms with Crippen molar-refractivity contribution in [2.45, 2.75) is 13.0 Å². The van der Waals surface area contributed by atoms with Crippen molar-refractivity contribution < 1.29 is 9.53 Å². The number of cyclic esters (lactones) is 1. The molecule has 2 saturated heterocycles. The van der Waals surface area contributed by atoms with E-state index in [0.717, 1.165) is 48.3 Å². The van der Waals surface area contributed by atoms with E-state index in [9.17, 15) is 4.79 Å². The smallest absolute Gasteiger partial charge is 0.414 e. The Bertz CT molecular complexity index is 916. The highest BCUT2D eigenvalue weighted by Gasteiger charge is 2.32. The molecule has 2 fully saturated rings. The second-order valence-electron chi connectivity index (χ2n) is 7.50. The fourth-order valence-electron chi connectivity index (χ4n) is 3.85. The molecule has 2 aliphatic heterocycles. The molecule has 0 aliphatic carbocycles. The minimum Gasteiger partial charge on any atom is -0.442 e. The second kappa shape index (κ2) is 9.10. The van der Waals surface area contributed by atoms with E-state index in [4.69, 9.17) is 28.6 Å². The van der Waals surface area contributed by atoms with E-state index in [1.807, 2.05) is 37.3 Å². The Morgan fingerprint density at radius 1 is 1.07 bits per heavy atom. The summed E-state index contributed by atoms with van der Waals surface area (Å²) < 4.78 is 5.43. The maximum absolute atomic E-state index is 12.2. The van der Waals surface area contributed by atoms with Crippen LogP contribution in [0.2, 0.25) is 5.02 Å². The molecule has 0 bridgehead atoms. The van der Waals surface area contributed by atoms with Crippen LogP contribution in [0.25, 0.3) is 0 Å². The monoisotopic (exact) mass is 444 g/mol. The summed E-state index contributed by atoms with van der Waals surface area (Å²) in [4.78, 5) is 19.3. The van der Waals surface area contributed by atoms with Crippen molar-refractivity contribution in [2.75, 3.05) is 54.0 Å². The van der Waals surface area contributed by atoms with Crippen molar-refractivity contribution in [1.29, 1.82) is 0 Å². The number of benzene rings is 2. The average molecular weight is 445 g/mol. The van der Waals surface area contributed by atoms with E-state index >= 15 is 0 Å². The quantitative estimate of drug-likeness (QED) is 0.705. The molecule has 2 aliphatic rings. The van der Waals surface area contributed by atoms with Gasteiger partial charge >= 0.3 is 6.09 Å². The van der Waals surface area contributed by atoms with Gasteiger partial charge in [-0.2, -0.15) is 0 Å². The normalized spacial score (nSPS) is 19.1. The molecule has 4 rings (SSSR count). The van der Waals surface area contributed by atoms with Crippen LogP contribution in [0.1, 0.15) is 6.92 Å². The summed E-state index contributed by atoms with van der Waals surface area (Å²) in [6.45, 7) is 6.53. The van der Waals surface area contributed by atoms with E-state index in [1.54, 1.807) is 4.90 Å². The lowest BCUT2D eigenvalue weighted by molar-refractivity contribution is 0.143. The summed E-state index contributed by atoms with van der Waals surface area (Å²) in [6, 6.07) is 16.1. The van der Waals surface area contributed by atoms with Gasteiger partial charge in [0, 0.05) is 37.6 Å². The maximum atomic E-state index is 12.2. The van der Waals surface area contributed by atoms with Crippen LogP contribution in [0.5, 0.6) is 0 Å². The Morgan fingerprint density at radius 3 is 2.37 bits per heavy atom. The summed E-state index contributed by atoms with van der Waals surface area (Å²) in [5.74, 6) is 0. The van der Waals surface area contributed by atoms with Crippen molar-refractivity contribution in [3.8, 4) is 0 Å². The van der Waals surface area contributed by atoms with Gasteiger partial charge in [0.1, 0.15) is 6.10 Å². The van der Waals surface area contributed by atoms with Crippen molar-refractivity contribution >= 4 is 52.0 Å². The number of thiocarbonyl (C=S) groups is 1. The van der Waals surface area contributed by atoms with Crippen LogP contribution >= 0.6 is 23.8 Å². The number of nitrogens with one attached hydrogen (secondary N) is 1. The predicted octanol–water partition coefficient (Wildman–Crippen LogP) is 3.93. The summed E-state index contributed by atoms with van der Waals surface area (Å²) in [7, 11) is 0. The first-order valence-corrected chi connectivity index (χ1v) is 10.9. The van der Waals surface area contributed by atoms with Gasteiger partial charge in [0.2, 0.25) is 0 Å². The van der Waals surface area contributed by atoms with Crippen LogP contribution in [-0.4, -0.2) is 56.5 Å². The molecule has 2 heterocycles. The standard InChI is InChI=1S/C22H25ClN4O2S/c1-16(30)24-14-19-15-27(22(28)29-19)18-8-6-17(7-9-18)25-10-12-26(13-11-25)21-5-3-2-4-20(21)23/h2-9,19H,10-15H2,1H3,(H,24,30)/t19-/m0/s1. The molecular formula is C22H25ClN4O2S. The molecule has 0 radical (unpaired) electrons. The van der Waals surface area contributed by atoms with E-state index in [0.29, 0.717) is 18.1 Å². The Labute approximate surface area is 187 Å². The van der Waals surface area contributed by atoms with Crippen molar-refractivity contribution in [3.63, 3.8) is 0 Å². The zero-order valence-electron chi connectivity index (χ0n) is 16.9. The lowest BCUT2D eigenvalue weighted by atomic mass is 10.2. The number of rotatable bonds is 5. The molecule has 0 aromatic heterocycles. The summed E-state index contributed by atoms with van der Waals surface area (Å²) >= 11 is 11.4. The van der Waals surface area contributed by atoms with Gasteiger partial charge in [0.15, 0.2) is 0 Å². The number of ether oxygens (including phenoxy) is 1. The molecule has 1 atom stereocenters. The highest BCUT2D eigenvalue weighted by atomic mass is 35.5. The summed E-state index contributed by atoms with van der Waals surface area (Å²) in [6.07, 6.45) is -0.516. The number of nitrogens with zero attached hydrogens (tertiary/aromatic N) is 3. The highest BCUT2D eigenvalue weighted by Crippen LogP contribution is 2.28. The molecule has 2 aromatic rings. The summed E-state index contributed by atoms with van der Waals surface area (Å²) in [5, 5.41) is 3.85. The minimum absolute atomic E-state index is 0.201. The van der Waals surface area contributed by atoms with Gasteiger partial charge in [-0.3, -0.25) is 4.90 Å². The maximum Gasteiger partial charge on any atom is 0.414 e. The molecule has 0 spiro atoms. The van der Waals surface area contributed by atoms with Crippen LogP contribution < -0.4 is 20.0 Å². The number of halogens is 1. The Kier molecular flexibility index (Phi) is 6.29. The van der Waals surface area contributed by atoms with Crippen molar-refractivity contribution in [1.82, 2.24) is 5.32 Å². The van der Waals surface area contributed by atoms with E-state index in [2.05, 4.69) is 33.3 Å². The van der Waals surface area contributed by atoms with E-state index in [1.165, 1.54) is 0 Å². The molecule has 0 unspecified atom stereocenters. The Hall–Kier alpha value is -2.51. The molecular weight excluding hydrogens is 420 g/mol. The number of carbonyl (C=O) groups is 1. The highest BCUT2D eigenvalue weighted by molar-refractivity contribution is 7.80.